The lowest BCUT2D eigenvalue weighted by atomic mass is 9.78. The van der Waals surface area contributed by atoms with Crippen molar-refractivity contribution in [3.05, 3.63) is 58.7 Å². The molecule has 272 valence electrons. The number of alkyl halides is 1. The molecule has 51 heavy (non-hydrogen) atoms. The zero-order valence-electron chi connectivity index (χ0n) is 27.6. The molecule has 5 fully saturated rings. The van der Waals surface area contributed by atoms with Crippen LogP contribution in [0.15, 0.2) is 47.2 Å². The Morgan fingerprint density at radius 2 is 1.94 bits per heavy atom. The Balaban J connectivity index is 1.17. The molecule has 2 aromatic rings. The number of ether oxygens (including phenoxy) is 3. The van der Waals surface area contributed by atoms with Crippen molar-refractivity contribution in [3.63, 3.8) is 0 Å². The molecule has 0 aromatic carbocycles. The van der Waals surface area contributed by atoms with Gasteiger partial charge in [-0.25, -0.2) is 17.6 Å². The van der Waals surface area contributed by atoms with Gasteiger partial charge < -0.3 is 35.4 Å². The molecular formula is C35H38F4N6O6. The topological polar surface area (TPSA) is 160 Å². The van der Waals surface area contributed by atoms with E-state index in [1.807, 2.05) is 0 Å². The molecule has 2 saturated carbocycles. The van der Waals surface area contributed by atoms with E-state index in [0.29, 0.717) is 25.6 Å². The molecule has 0 amide bonds. The number of allylic oxidation sites excluding steroid dienone is 1. The van der Waals surface area contributed by atoms with E-state index in [1.165, 1.54) is 12.3 Å². The summed E-state index contributed by atoms with van der Waals surface area (Å²) in [7, 11) is 0. The lowest BCUT2D eigenvalue weighted by Gasteiger charge is -2.37. The van der Waals surface area contributed by atoms with Gasteiger partial charge in [-0.3, -0.25) is 14.6 Å². The molecule has 0 bridgehead atoms. The van der Waals surface area contributed by atoms with Gasteiger partial charge in [-0.2, -0.15) is 9.97 Å². The Labute approximate surface area is 289 Å². The van der Waals surface area contributed by atoms with Gasteiger partial charge >= 0.3 is 12.2 Å². The standard InChI is InChI=1S/C35H38F4N6O6/c1-16-11-34(33(2-3-33)4-5-44(34)13-16)15-50-32-42-29-21(31(43-32)45-6-7-49-14-17-8-22(17)45)12-41-28(27(29)39)20-10-18(40)9-19-23(20)30(51-35(46,47)48)26(38)25(37)24(19)36/h10,12,17-18,22,26,30,46-48H,1-9,11,13-15,40H2/t17?,18?,22?,26?,30?,34-/m0/s1. The summed E-state index contributed by atoms with van der Waals surface area (Å²) in [6.07, 6.45) is -1.99. The first-order valence-corrected chi connectivity index (χ1v) is 17.3. The lowest BCUT2D eigenvalue weighted by Crippen LogP contribution is -2.49. The zero-order chi connectivity index (χ0) is 35.6. The van der Waals surface area contributed by atoms with Crippen LogP contribution in [0.1, 0.15) is 44.2 Å². The van der Waals surface area contributed by atoms with Gasteiger partial charge in [0.15, 0.2) is 23.6 Å². The second-order valence-corrected chi connectivity index (χ2v) is 15.1. The molecule has 5 N–H and O–H groups in total. The number of fused-ring (bicyclic) bond motifs is 4. The minimum atomic E-state index is -3.94. The fourth-order valence-electron chi connectivity index (χ4n) is 9.30. The number of pyridine rings is 1. The van der Waals surface area contributed by atoms with Crippen molar-refractivity contribution in [1.29, 1.82) is 0 Å². The number of hydrogen-bond donors (Lipinski definition) is 4. The minimum Gasteiger partial charge on any atom is -0.461 e. The van der Waals surface area contributed by atoms with E-state index in [0.717, 1.165) is 50.8 Å². The van der Waals surface area contributed by atoms with Gasteiger partial charge in [0.25, 0.3) is 0 Å². The molecule has 1 spiro atoms. The molecule has 0 radical (unpaired) electrons. The van der Waals surface area contributed by atoms with E-state index >= 15 is 13.2 Å². The third kappa shape index (κ3) is 5.24. The van der Waals surface area contributed by atoms with Crippen molar-refractivity contribution in [2.24, 2.45) is 17.1 Å². The minimum absolute atomic E-state index is 0.0518. The predicted octanol–water partition coefficient (Wildman–Crippen LogP) is 2.84. The van der Waals surface area contributed by atoms with Crippen molar-refractivity contribution in [3.8, 4) is 6.01 Å². The average Bonchev–Trinajstić information content (AvgIpc) is 3.99. The maximum Gasteiger partial charge on any atom is 0.405 e. The van der Waals surface area contributed by atoms with Gasteiger partial charge in [0.05, 0.1) is 24.1 Å². The quantitative estimate of drug-likeness (QED) is 0.189. The van der Waals surface area contributed by atoms with Crippen LogP contribution in [-0.2, 0) is 9.47 Å². The summed E-state index contributed by atoms with van der Waals surface area (Å²) in [6.45, 7) is 7.78. The lowest BCUT2D eigenvalue weighted by molar-refractivity contribution is -0.464. The molecule has 16 heteroatoms. The van der Waals surface area contributed by atoms with Gasteiger partial charge in [0.2, 0.25) is 0 Å². The second kappa shape index (κ2) is 11.5. The molecule has 5 unspecified atom stereocenters. The van der Waals surface area contributed by atoms with Crippen molar-refractivity contribution in [2.75, 3.05) is 44.4 Å². The smallest absolute Gasteiger partial charge is 0.405 e. The van der Waals surface area contributed by atoms with Crippen LogP contribution in [0.3, 0.4) is 0 Å². The number of aliphatic hydroxyl groups is 3. The number of anilines is 1. The van der Waals surface area contributed by atoms with Gasteiger partial charge in [-0.05, 0) is 61.6 Å². The number of hydrogen-bond acceptors (Lipinski definition) is 12. The van der Waals surface area contributed by atoms with Crippen molar-refractivity contribution >= 4 is 22.3 Å². The van der Waals surface area contributed by atoms with E-state index in [9.17, 15) is 19.7 Å². The molecule has 5 heterocycles. The first-order chi connectivity index (χ1) is 24.3. The van der Waals surface area contributed by atoms with Gasteiger partial charge in [0, 0.05) is 42.9 Å². The fraction of sp³-hybridized carbons (Fsp3) is 0.571. The molecule has 3 aliphatic heterocycles. The molecule has 9 rings (SSSR count). The molecule has 3 saturated heterocycles. The molecule has 2 aromatic heterocycles. The van der Waals surface area contributed by atoms with E-state index in [-0.39, 0.29) is 58.4 Å². The SMILES string of the molecule is C=C1CN2CCC3(CC3)[C@@]2(COc2nc(N3CCOCC4CC43)c3cnc(C4=CC(N)CC5=C4C(OC(O)(O)O)C(F)C(F)=C5F)c(F)c3n2)C1. The summed E-state index contributed by atoms with van der Waals surface area (Å²) in [4.78, 5) is 18.2. The number of halogens is 4. The molecule has 12 nitrogen and oxygen atoms in total. The predicted molar refractivity (Wildman–Crippen MR) is 173 cm³/mol. The summed E-state index contributed by atoms with van der Waals surface area (Å²) in [5.41, 5.74) is 5.29. The third-order valence-corrected chi connectivity index (χ3v) is 12.0. The van der Waals surface area contributed by atoms with E-state index in [4.69, 9.17) is 20.2 Å². The highest BCUT2D eigenvalue weighted by atomic mass is 19.2. The van der Waals surface area contributed by atoms with Gasteiger partial charge in [0.1, 0.15) is 29.7 Å². The molecular weight excluding hydrogens is 676 g/mol. The van der Waals surface area contributed by atoms with Crippen LogP contribution in [0, 0.1) is 17.2 Å². The molecule has 6 atom stereocenters. The van der Waals surface area contributed by atoms with Crippen LogP contribution in [0.25, 0.3) is 16.5 Å². The summed E-state index contributed by atoms with van der Waals surface area (Å²) in [6, 6.07) is -0.947. The van der Waals surface area contributed by atoms with Crippen LogP contribution in [0.4, 0.5) is 23.4 Å². The average molecular weight is 715 g/mol. The van der Waals surface area contributed by atoms with Gasteiger partial charge in [-0.15, -0.1) is 0 Å². The first-order valence-electron chi connectivity index (χ1n) is 17.3. The summed E-state index contributed by atoms with van der Waals surface area (Å²) >= 11 is 0. The maximum atomic E-state index is 17.1. The molecule has 7 aliphatic rings. The summed E-state index contributed by atoms with van der Waals surface area (Å²) < 4.78 is 79.3. The van der Waals surface area contributed by atoms with Gasteiger partial charge in [-0.1, -0.05) is 18.2 Å². The van der Waals surface area contributed by atoms with Crippen molar-refractivity contribution in [1.82, 2.24) is 19.9 Å². The van der Waals surface area contributed by atoms with Crippen molar-refractivity contribution < 1.29 is 47.1 Å². The highest BCUT2D eigenvalue weighted by Gasteiger charge is 2.67. The zero-order valence-corrected chi connectivity index (χ0v) is 27.6. The Morgan fingerprint density at radius 1 is 1.14 bits per heavy atom. The Bertz CT molecular complexity index is 1950. The van der Waals surface area contributed by atoms with Crippen LogP contribution < -0.4 is 15.4 Å². The molecule has 4 aliphatic carbocycles. The van der Waals surface area contributed by atoms with E-state index < -0.39 is 58.8 Å². The van der Waals surface area contributed by atoms with E-state index in [1.54, 1.807) is 0 Å². The summed E-state index contributed by atoms with van der Waals surface area (Å²) in [5, 5.41) is 29.0. The largest absolute Gasteiger partial charge is 0.461 e. The highest BCUT2D eigenvalue weighted by molar-refractivity contribution is 5.94. The number of aromatic nitrogens is 3. The monoisotopic (exact) mass is 714 g/mol. The van der Waals surface area contributed by atoms with Crippen LogP contribution >= 0.6 is 0 Å². The number of nitrogens with zero attached hydrogens (tertiary/aromatic N) is 5. The number of nitrogens with two attached hydrogens (primary N) is 1. The Kier molecular flexibility index (Phi) is 7.51. The fourth-order valence-corrected chi connectivity index (χ4v) is 9.30. The second-order valence-electron chi connectivity index (χ2n) is 15.1. The van der Waals surface area contributed by atoms with Crippen LogP contribution in [0.5, 0.6) is 6.01 Å². The first kappa shape index (κ1) is 33.3. The van der Waals surface area contributed by atoms with E-state index in [2.05, 4.69) is 31.1 Å². The highest BCUT2D eigenvalue weighted by Crippen LogP contribution is 2.66. The Hall–Kier alpha value is -3.51. The maximum absolute atomic E-state index is 17.1. The van der Waals surface area contributed by atoms with Crippen LogP contribution in [0.2, 0.25) is 0 Å². The number of rotatable bonds is 7. The van der Waals surface area contributed by atoms with Crippen molar-refractivity contribution in [2.45, 2.75) is 74.6 Å². The van der Waals surface area contributed by atoms with Crippen LogP contribution in [-0.4, -0.2) is 111 Å². The summed E-state index contributed by atoms with van der Waals surface area (Å²) in [5.74, 6) is -3.79. The third-order valence-electron chi connectivity index (χ3n) is 12.0. The normalized spacial score (nSPS) is 33.0. The Morgan fingerprint density at radius 3 is 2.71 bits per heavy atom.